The zero-order chi connectivity index (χ0) is 24.1. The van der Waals surface area contributed by atoms with Gasteiger partial charge in [0.15, 0.2) is 5.11 Å². The lowest BCUT2D eigenvalue weighted by Crippen LogP contribution is -2.54. The quantitative estimate of drug-likeness (QED) is 0.392. The number of allylic oxidation sites excluding steroid dienone is 1. The molecule has 6 heteroatoms. The highest BCUT2D eigenvalue weighted by atomic mass is 32.1. The fourth-order valence-corrected chi connectivity index (χ4v) is 5.19. The Morgan fingerprint density at radius 1 is 1.03 bits per heavy atom. The van der Waals surface area contributed by atoms with Crippen LogP contribution in [0, 0.1) is 13.8 Å². The first-order chi connectivity index (χ1) is 15.5. The second-order valence-corrected chi connectivity index (χ2v) is 9.69. The van der Waals surface area contributed by atoms with Gasteiger partial charge in [-0.3, -0.25) is 19.8 Å². The molecule has 0 saturated carbocycles. The number of thiocarbonyl (C=S) groups is 1. The summed E-state index contributed by atoms with van der Waals surface area (Å²) in [6.07, 6.45) is 3.91. The summed E-state index contributed by atoms with van der Waals surface area (Å²) < 4.78 is 0. The number of likely N-dealkylation sites (N-methyl/N-ethyl adjacent to an activating group) is 1. The molecule has 0 aliphatic carbocycles. The molecule has 170 valence electrons. The number of nitrogens with one attached hydrogen (secondary N) is 1. The maximum absolute atomic E-state index is 13.4. The minimum absolute atomic E-state index is 0.0628. The van der Waals surface area contributed by atoms with Gasteiger partial charge in [-0.2, -0.15) is 0 Å². The lowest BCUT2D eigenvalue weighted by molar-refractivity contribution is -0.122. The van der Waals surface area contributed by atoms with Gasteiger partial charge in [0.1, 0.15) is 5.57 Å². The second-order valence-electron chi connectivity index (χ2n) is 9.31. The standard InChI is InChI=1S/C27H29N3O2S/c1-7-29-23-9-8-19(13-21(23)18(4)15-27(29,5)6)14-22-24(31)28-26(33)30(25(22)32)20-11-16(2)10-17(3)12-20/h8-15H,7H2,1-6H3,(H,28,31,33)/b22-14+. The number of carbonyl (C=O) groups is 2. The number of benzene rings is 2. The van der Waals surface area contributed by atoms with Gasteiger partial charge in [-0.05, 0) is 106 Å². The Morgan fingerprint density at radius 2 is 1.70 bits per heavy atom. The van der Waals surface area contributed by atoms with E-state index in [1.807, 2.05) is 44.2 Å². The van der Waals surface area contributed by atoms with Crippen LogP contribution in [-0.4, -0.2) is 29.0 Å². The largest absolute Gasteiger partial charge is 0.363 e. The van der Waals surface area contributed by atoms with Crippen molar-refractivity contribution in [2.75, 3.05) is 16.3 Å². The first-order valence-corrected chi connectivity index (χ1v) is 11.5. The number of rotatable bonds is 3. The van der Waals surface area contributed by atoms with Crippen molar-refractivity contribution in [2.45, 2.75) is 47.1 Å². The summed E-state index contributed by atoms with van der Waals surface area (Å²) in [7, 11) is 0. The number of anilines is 2. The molecule has 2 aromatic rings. The number of fused-ring (bicyclic) bond motifs is 1. The summed E-state index contributed by atoms with van der Waals surface area (Å²) in [4.78, 5) is 29.9. The molecule has 33 heavy (non-hydrogen) atoms. The van der Waals surface area contributed by atoms with E-state index in [9.17, 15) is 9.59 Å². The van der Waals surface area contributed by atoms with Crippen LogP contribution < -0.4 is 15.1 Å². The van der Waals surface area contributed by atoms with Crippen LogP contribution in [0.4, 0.5) is 11.4 Å². The van der Waals surface area contributed by atoms with Crippen molar-refractivity contribution in [1.82, 2.24) is 5.32 Å². The smallest absolute Gasteiger partial charge is 0.270 e. The summed E-state index contributed by atoms with van der Waals surface area (Å²) in [5, 5.41) is 2.77. The lowest BCUT2D eigenvalue weighted by atomic mass is 9.88. The van der Waals surface area contributed by atoms with E-state index in [0.717, 1.165) is 34.5 Å². The highest BCUT2D eigenvalue weighted by molar-refractivity contribution is 7.80. The van der Waals surface area contributed by atoms with Gasteiger partial charge in [-0.1, -0.05) is 18.2 Å². The van der Waals surface area contributed by atoms with Crippen molar-refractivity contribution in [2.24, 2.45) is 0 Å². The molecule has 2 aliphatic rings. The zero-order valence-electron chi connectivity index (χ0n) is 19.9. The molecule has 0 radical (unpaired) electrons. The number of hydrogen-bond acceptors (Lipinski definition) is 4. The van der Waals surface area contributed by atoms with Crippen LogP contribution in [-0.2, 0) is 9.59 Å². The number of hydrogen-bond donors (Lipinski definition) is 1. The van der Waals surface area contributed by atoms with E-state index in [2.05, 4.69) is 50.1 Å². The van der Waals surface area contributed by atoms with Gasteiger partial charge in [-0.15, -0.1) is 0 Å². The molecule has 2 aliphatic heterocycles. The summed E-state index contributed by atoms with van der Waals surface area (Å²) in [5.41, 5.74) is 6.91. The molecule has 1 saturated heterocycles. The summed E-state index contributed by atoms with van der Waals surface area (Å²) in [6, 6.07) is 11.9. The average molecular weight is 460 g/mol. The zero-order valence-corrected chi connectivity index (χ0v) is 20.8. The average Bonchev–Trinajstić information content (AvgIpc) is 2.70. The molecule has 5 nitrogen and oxygen atoms in total. The molecule has 2 heterocycles. The second kappa shape index (κ2) is 8.27. The van der Waals surface area contributed by atoms with Crippen molar-refractivity contribution < 1.29 is 9.59 Å². The fraction of sp³-hybridized carbons (Fsp3) is 0.296. The van der Waals surface area contributed by atoms with Gasteiger partial charge in [0, 0.05) is 17.8 Å². The number of carbonyl (C=O) groups excluding carboxylic acids is 2. The van der Waals surface area contributed by atoms with Crippen LogP contribution in [0.5, 0.6) is 0 Å². The van der Waals surface area contributed by atoms with Gasteiger partial charge in [0.05, 0.1) is 11.2 Å². The monoisotopic (exact) mass is 459 g/mol. The molecule has 1 fully saturated rings. The number of nitrogens with zero attached hydrogens (tertiary/aromatic N) is 2. The predicted octanol–water partition coefficient (Wildman–Crippen LogP) is 5.16. The van der Waals surface area contributed by atoms with Gasteiger partial charge >= 0.3 is 0 Å². The van der Waals surface area contributed by atoms with Crippen LogP contribution >= 0.6 is 12.2 Å². The van der Waals surface area contributed by atoms with E-state index in [1.165, 1.54) is 10.5 Å². The first kappa shape index (κ1) is 22.9. The minimum atomic E-state index is -0.480. The van der Waals surface area contributed by atoms with Gasteiger partial charge < -0.3 is 4.90 Å². The minimum Gasteiger partial charge on any atom is -0.363 e. The third-order valence-electron chi connectivity index (χ3n) is 6.20. The maximum atomic E-state index is 13.4. The van der Waals surface area contributed by atoms with Gasteiger partial charge in [0.2, 0.25) is 0 Å². The molecule has 0 atom stereocenters. The predicted molar refractivity (Wildman–Crippen MR) is 139 cm³/mol. The van der Waals surface area contributed by atoms with Gasteiger partial charge in [-0.25, -0.2) is 0 Å². The first-order valence-electron chi connectivity index (χ1n) is 11.1. The molecular weight excluding hydrogens is 430 g/mol. The molecule has 0 spiro atoms. The number of aryl methyl sites for hydroxylation is 2. The summed E-state index contributed by atoms with van der Waals surface area (Å²) in [6.45, 7) is 13.5. The Hall–Kier alpha value is -3.25. The maximum Gasteiger partial charge on any atom is 0.270 e. The highest BCUT2D eigenvalue weighted by Crippen LogP contribution is 2.39. The molecule has 4 rings (SSSR count). The molecule has 1 N–H and O–H groups in total. The Bertz CT molecular complexity index is 1240. The Balaban J connectivity index is 1.76. The van der Waals surface area contributed by atoms with Crippen molar-refractivity contribution in [3.05, 3.63) is 70.3 Å². The normalized spacial score (nSPS) is 18.9. The van der Waals surface area contributed by atoms with E-state index >= 15 is 0 Å². The van der Waals surface area contributed by atoms with Crippen molar-refractivity contribution in [3.8, 4) is 0 Å². The van der Waals surface area contributed by atoms with Crippen LogP contribution in [0.2, 0.25) is 0 Å². The molecule has 0 unspecified atom stereocenters. The summed E-state index contributed by atoms with van der Waals surface area (Å²) >= 11 is 5.34. The topological polar surface area (TPSA) is 52.7 Å². The molecule has 0 bridgehead atoms. The van der Waals surface area contributed by atoms with E-state index in [4.69, 9.17) is 12.2 Å². The molecule has 0 aromatic heterocycles. The van der Waals surface area contributed by atoms with E-state index < -0.39 is 11.8 Å². The summed E-state index contributed by atoms with van der Waals surface area (Å²) in [5.74, 6) is -0.901. The SMILES string of the molecule is CCN1c2ccc(/C=C3\C(=O)NC(=S)N(c4cc(C)cc(C)c4)C3=O)cc2C(C)=CC1(C)C. The van der Waals surface area contributed by atoms with E-state index in [0.29, 0.717) is 5.69 Å². The van der Waals surface area contributed by atoms with E-state index in [1.54, 1.807) is 6.08 Å². The van der Waals surface area contributed by atoms with Crippen LogP contribution in [0.15, 0.2) is 48.0 Å². The Labute approximate surface area is 200 Å². The third-order valence-corrected chi connectivity index (χ3v) is 6.48. The van der Waals surface area contributed by atoms with Crippen molar-refractivity contribution in [3.63, 3.8) is 0 Å². The lowest BCUT2D eigenvalue weighted by Gasteiger charge is -2.42. The number of amides is 2. The third kappa shape index (κ3) is 4.11. The van der Waals surface area contributed by atoms with Crippen LogP contribution in [0.25, 0.3) is 11.6 Å². The van der Waals surface area contributed by atoms with Crippen molar-refractivity contribution in [1.29, 1.82) is 0 Å². The highest BCUT2D eigenvalue weighted by Gasteiger charge is 2.35. The Morgan fingerprint density at radius 3 is 2.33 bits per heavy atom. The van der Waals surface area contributed by atoms with Crippen LogP contribution in [0.3, 0.4) is 0 Å². The molecule has 2 amide bonds. The van der Waals surface area contributed by atoms with Crippen LogP contribution in [0.1, 0.15) is 49.9 Å². The van der Waals surface area contributed by atoms with Gasteiger partial charge in [0.25, 0.3) is 11.8 Å². The molecular formula is C27H29N3O2S. The fourth-order valence-electron chi connectivity index (χ4n) is 4.91. The van der Waals surface area contributed by atoms with E-state index in [-0.39, 0.29) is 16.2 Å². The Kier molecular flexibility index (Phi) is 5.74. The molecule has 2 aromatic carbocycles. The van der Waals surface area contributed by atoms with Crippen molar-refractivity contribution >= 4 is 52.2 Å².